The number of hydrogen-bond donors (Lipinski definition) is 3. The molecule has 0 radical (unpaired) electrons. The van der Waals surface area contributed by atoms with Crippen LogP contribution < -0.4 is 10.6 Å². The number of aliphatic hydroxyl groups is 1. The fourth-order valence-corrected chi connectivity index (χ4v) is 0.846. The molecule has 0 aliphatic rings. The molecule has 1 atom stereocenters. The molecule has 0 saturated carbocycles. The zero-order valence-electron chi connectivity index (χ0n) is 8.40. The van der Waals surface area contributed by atoms with Gasteiger partial charge in [0.05, 0.1) is 6.10 Å². The molecule has 0 saturated heterocycles. The SMILES string of the molecule is CC(O)CNCCNC(=O)CC(F)(F)F. The zero-order valence-corrected chi connectivity index (χ0v) is 8.40. The molecule has 0 aliphatic heterocycles. The minimum atomic E-state index is -4.46. The van der Waals surface area contributed by atoms with E-state index in [1.807, 2.05) is 0 Å². The molecule has 4 nitrogen and oxygen atoms in total. The summed E-state index contributed by atoms with van der Waals surface area (Å²) in [5, 5.41) is 13.7. The third kappa shape index (κ3) is 11.1. The number of alkyl halides is 3. The average Bonchev–Trinajstić information content (AvgIpc) is 1.99. The molecule has 1 unspecified atom stereocenters. The fraction of sp³-hybridized carbons (Fsp3) is 0.875. The van der Waals surface area contributed by atoms with Crippen LogP contribution in [0, 0.1) is 0 Å². The summed E-state index contributed by atoms with van der Waals surface area (Å²) in [5.41, 5.74) is 0. The van der Waals surface area contributed by atoms with Crippen LogP contribution in [-0.2, 0) is 4.79 Å². The number of halogens is 3. The Hall–Kier alpha value is -0.820. The van der Waals surface area contributed by atoms with Crippen LogP contribution in [-0.4, -0.2) is 42.9 Å². The molecular weight excluding hydrogens is 213 g/mol. The second-order valence-corrected chi connectivity index (χ2v) is 3.20. The normalized spacial score (nSPS) is 13.7. The van der Waals surface area contributed by atoms with Gasteiger partial charge in [0.1, 0.15) is 6.42 Å². The molecule has 1 amide bonds. The number of carbonyl (C=O) groups excluding carboxylic acids is 1. The van der Waals surface area contributed by atoms with Gasteiger partial charge in [-0.25, -0.2) is 0 Å². The largest absolute Gasteiger partial charge is 0.397 e. The maximum Gasteiger partial charge on any atom is 0.397 e. The van der Waals surface area contributed by atoms with Gasteiger partial charge < -0.3 is 15.7 Å². The van der Waals surface area contributed by atoms with Gasteiger partial charge in [0, 0.05) is 19.6 Å². The van der Waals surface area contributed by atoms with Gasteiger partial charge in [-0.05, 0) is 6.92 Å². The number of rotatable bonds is 6. The van der Waals surface area contributed by atoms with Crippen LogP contribution in [0.15, 0.2) is 0 Å². The van der Waals surface area contributed by atoms with Gasteiger partial charge in [0.15, 0.2) is 0 Å². The number of nitrogens with one attached hydrogen (secondary N) is 2. The van der Waals surface area contributed by atoms with E-state index in [0.29, 0.717) is 13.1 Å². The maximum absolute atomic E-state index is 11.7. The molecule has 15 heavy (non-hydrogen) atoms. The predicted molar refractivity (Wildman–Crippen MR) is 48.2 cm³/mol. The Labute approximate surface area is 85.8 Å². The van der Waals surface area contributed by atoms with E-state index in [9.17, 15) is 18.0 Å². The van der Waals surface area contributed by atoms with Crippen molar-refractivity contribution in [2.24, 2.45) is 0 Å². The highest BCUT2D eigenvalue weighted by Crippen LogP contribution is 2.18. The van der Waals surface area contributed by atoms with Crippen LogP contribution in [0.4, 0.5) is 13.2 Å². The highest BCUT2D eigenvalue weighted by molar-refractivity contribution is 5.76. The molecule has 0 spiro atoms. The summed E-state index contributed by atoms with van der Waals surface area (Å²) in [6.45, 7) is 2.36. The second-order valence-electron chi connectivity index (χ2n) is 3.20. The first kappa shape index (κ1) is 14.2. The molecule has 0 fully saturated rings. The van der Waals surface area contributed by atoms with Crippen LogP contribution in [0.3, 0.4) is 0 Å². The number of carbonyl (C=O) groups is 1. The Morgan fingerprint density at radius 2 is 2.00 bits per heavy atom. The summed E-state index contributed by atoms with van der Waals surface area (Å²) in [6, 6.07) is 0. The lowest BCUT2D eigenvalue weighted by molar-refractivity contribution is -0.153. The van der Waals surface area contributed by atoms with Gasteiger partial charge in [-0.1, -0.05) is 0 Å². The van der Waals surface area contributed by atoms with E-state index in [0.717, 1.165) is 0 Å². The maximum atomic E-state index is 11.7. The van der Waals surface area contributed by atoms with Gasteiger partial charge in [-0.3, -0.25) is 4.79 Å². The third-order valence-corrected chi connectivity index (χ3v) is 1.42. The van der Waals surface area contributed by atoms with E-state index in [2.05, 4.69) is 10.6 Å². The standard InChI is InChI=1S/C8H15F3N2O2/c1-6(14)5-12-2-3-13-7(15)4-8(9,10)11/h6,12,14H,2-5H2,1H3,(H,13,15). The van der Waals surface area contributed by atoms with Crippen LogP contribution >= 0.6 is 0 Å². The quantitative estimate of drug-likeness (QED) is 0.562. The molecular formula is C8H15F3N2O2. The van der Waals surface area contributed by atoms with Crippen molar-refractivity contribution in [3.63, 3.8) is 0 Å². The van der Waals surface area contributed by atoms with E-state index in [1.54, 1.807) is 6.92 Å². The Bertz CT molecular complexity index is 195. The second kappa shape index (κ2) is 6.62. The monoisotopic (exact) mass is 228 g/mol. The van der Waals surface area contributed by atoms with E-state index in [4.69, 9.17) is 5.11 Å². The summed E-state index contributed by atoms with van der Waals surface area (Å²) < 4.78 is 35.0. The molecule has 7 heteroatoms. The molecule has 0 aliphatic carbocycles. The minimum absolute atomic E-state index is 0.113. The lowest BCUT2D eigenvalue weighted by Gasteiger charge is -2.09. The molecule has 0 aromatic carbocycles. The van der Waals surface area contributed by atoms with E-state index >= 15 is 0 Å². The highest BCUT2D eigenvalue weighted by atomic mass is 19.4. The number of aliphatic hydroxyl groups excluding tert-OH is 1. The Morgan fingerprint density at radius 1 is 1.40 bits per heavy atom. The van der Waals surface area contributed by atoms with Crippen LogP contribution in [0.1, 0.15) is 13.3 Å². The van der Waals surface area contributed by atoms with E-state index in [-0.39, 0.29) is 6.54 Å². The fourth-order valence-electron chi connectivity index (χ4n) is 0.846. The summed E-state index contributed by atoms with van der Waals surface area (Å²) in [6.07, 6.45) is -6.43. The van der Waals surface area contributed by atoms with Crippen molar-refractivity contribution in [3.8, 4) is 0 Å². The minimum Gasteiger partial charge on any atom is -0.392 e. The van der Waals surface area contributed by atoms with Crippen molar-refractivity contribution in [3.05, 3.63) is 0 Å². The first-order valence-electron chi connectivity index (χ1n) is 4.53. The first-order valence-corrected chi connectivity index (χ1v) is 4.53. The molecule has 3 N–H and O–H groups in total. The van der Waals surface area contributed by atoms with Crippen molar-refractivity contribution in [2.75, 3.05) is 19.6 Å². The average molecular weight is 228 g/mol. The van der Waals surface area contributed by atoms with Crippen LogP contribution in [0.2, 0.25) is 0 Å². The van der Waals surface area contributed by atoms with E-state index in [1.165, 1.54) is 0 Å². The number of hydrogen-bond acceptors (Lipinski definition) is 3. The highest BCUT2D eigenvalue weighted by Gasteiger charge is 2.30. The summed E-state index contributed by atoms with van der Waals surface area (Å²) in [7, 11) is 0. The summed E-state index contributed by atoms with van der Waals surface area (Å²) in [4.78, 5) is 10.6. The van der Waals surface area contributed by atoms with Crippen molar-refractivity contribution in [2.45, 2.75) is 25.6 Å². The zero-order chi connectivity index (χ0) is 11.9. The van der Waals surface area contributed by atoms with Gasteiger partial charge in [-0.2, -0.15) is 13.2 Å². The third-order valence-electron chi connectivity index (χ3n) is 1.42. The van der Waals surface area contributed by atoms with Crippen molar-refractivity contribution >= 4 is 5.91 Å². The van der Waals surface area contributed by atoms with Gasteiger partial charge in [0.2, 0.25) is 5.91 Å². The van der Waals surface area contributed by atoms with Crippen molar-refractivity contribution in [1.29, 1.82) is 0 Å². The molecule has 0 aromatic rings. The van der Waals surface area contributed by atoms with Gasteiger partial charge in [-0.15, -0.1) is 0 Å². The van der Waals surface area contributed by atoms with Crippen molar-refractivity contribution < 1.29 is 23.1 Å². The lowest BCUT2D eigenvalue weighted by atomic mass is 10.4. The van der Waals surface area contributed by atoms with Crippen LogP contribution in [0.5, 0.6) is 0 Å². The Morgan fingerprint density at radius 3 is 2.47 bits per heavy atom. The molecule has 0 heterocycles. The van der Waals surface area contributed by atoms with Gasteiger partial charge in [0.25, 0.3) is 0 Å². The Balaban J connectivity index is 3.40. The lowest BCUT2D eigenvalue weighted by Crippen LogP contribution is -2.36. The molecule has 90 valence electrons. The van der Waals surface area contributed by atoms with Crippen LogP contribution in [0.25, 0.3) is 0 Å². The topological polar surface area (TPSA) is 61.4 Å². The Kier molecular flexibility index (Phi) is 6.26. The molecule has 0 rings (SSSR count). The summed E-state index contributed by atoms with van der Waals surface area (Å²) >= 11 is 0. The number of amides is 1. The first-order chi connectivity index (χ1) is 6.81. The smallest absolute Gasteiger partial charge is 0.392 e. The van der Waals surface area contributed by atoms with E-state index < -0.39 is 24.6 Å². The van der Waals surface area contributed by atoms with Crippen molar-refractivity contribution in [1.82, 2.24) is 10.6 Å². The molecule has 0 aromatic heterocycles. The predicted octanol–water partition coefficient (Wildman–Crippen LogP) is 0.0254. The summed E-state index contributed by atoms with van der Waals surface area (Å²) in [5.74, 6) is -1.04. The molecule has 0 bridgehead atoms. The van der Waals surface area contributed by atoms with Gasteiger partial charge >= 0.3 is 6.18 Å².